The highest BCUT2D eigenvalue weighted by Crippen LogP contribution is 2.32. The van der Waals surface area contributed by atoms with Gasteiger partial charge < -0.3 is 10.0 Å². The average molecular weight is 463 g/mol. The van der Waals surface area contributed by atoms with E-state index in [9.17, 15) is 13.5 Å². The van der Waals surface area contributed by atoms with Crippen molar-refractivity contribution < 1.29 is 13.5 Å². The smallest absolute Gasteiger partial charge is 0.176 e. The fourth-order valence-electron chi connectivity index (χ4n) is 3.85. The number of amidine groups is 1. The maximum absolute atomic E-state index is 11.8. The summed E-state index contributed by atoms with van der Waals surface area (Å²) in [5.41, 5.74) is 0.477. The summed E-state index contributed by atoms with van der Waals surface area (Å²) in [6.07, 6.45) is 8.64. The fourth-order valence-corrected chi connectivity index (χ4v) is 4.61. The fraction of sp³-hybridized carbons (Fsp3) is 0.458. The lowest BCUT2D eigenvalue weighted by molar-refractivity contribution is 0.0551. The number of benzene rings is 2. The second kappa shape index (κ2) is 10.2. The lowest BCUT2D eigenvalue weighted by atomic mass is 10.0. The Morgan fingerprint density at radius 3 is 2.23 bits per heavy atom. The topological polar surface area (TPSA) is 70.0 Å². The number of unbranched alkanes of at least 4 members (excludes halogenated alkanes) is 5. The van der Waals surface area contributed by atoms with Gasteiger partial charge in [0.15, 0.2) is 15.6 Å². The summed E-state index contributed by atoms with van der Waals surface area (Å²) in [7, 11) is -3.28. The SMILES string of the molecule is CCCCCCCCC1(O)CN(c2ccc(Cl)cc2)C(c2ccc(S(C)(=O)=O)cc2)=N1. The van der Waals surface area contributed by atoms with E-state index in [2.05, 4.69) is 6.92 Å². The van der Waals surface area contributed by atoms with Gasteiger partial charge in [-0.25, -0.2) is 13.4 Å². The van der Waals surface area contributed by atoms with Gasteiger partial charge in [0.05, 0.1) is 11.4 Å². The molecule has 0 saturated carbocycles. The van der Waals surface area contributed by atoms with E-state index < -0.39 is 15.6 Å². The van der Waals surface area contributed by atoms with Crippen molar-refractivity contribution in [2.75, 3.05) is 17.7 Å². The highest BCUT2D eigenvalue weighted by molar-refractivity contribution is 7.90. The number of nitrogens with zero attached hydrogens (tertiary/aromatic N) is 2. The molecule has 1 aliphatic heterocycles. The van der Waals surface area contributed by atoms with Gasteiger partial charge in [0.2, 0.25) is 0 Å². The summed E-state index contributed by atoms with van der Waals surface area (Å²) in [5.74, 6) is 0.635. The van der Waals surface area contributed by atoms with E-state index in [0.29, 0.717) is 23.8 Å². The van der Waals surface area contributed by atoms with E-state index in [1.54, 1.807) is 24.3 Å². The monoisotopic (exact) mass is 462 g/mol. The highest BCUT2D eigenvalue weighted by atomic mass is 35.5. The zero-order valence-electron chi connectivity index (χ0n) is 18.2. The first-order valence-electron chi connectivity index (χ1n) is 10.9. The van der Waals surface area contributed by atoms with Crippen LogP contribution < -0.4 is 4.90 Å². The zero-order valence-corrected chi connectivity index (χ0v) is 19.8. The molecule has 2 aromatic rings. The first-order valence-corrected chi connectivity index (χ1v) is 13.1. The van der Waals surface area contributed by atoms with Crippen LogP contribution in [0.4, 0.5) is 5.69 Å². The quantitative estimate of drug-likeness (QED) is 0.476. The van der Waals surface area contributed by atoms with Gasteiger partial charge in [-0.1, -0.05) is 50.6 Å². The van der Waals surface area contributed by atoms with Crippen molar-refractivity contribution in [2.24, 2.45) is 4.99 Å². The average Bonchev–Trinajstić information content (AvgIpc) is 3.08. The molecule has 1 N–H and O–H groups in total. The molecule has 0 saturated heterocycles. The number of hydrogen-bond acceptors (Lipinski definition) is 5. The third-order valence-corrected chi connectivity index (χ3v) is 6.97. The minimum absolute atomic E-state index is 0.259. The lowest BCUT2D eigenvalue weighted by Gasteiger charge is -2.24. The molecule has 0 fully saturated rings. The number of anilines is 1. The summed E-state index contributed by atoms with van der Waals surface area (Å²) < 4.78 is 23.6. The molecule has 168 valence electrons. The molecule has 1 unspecified atom stereocenters. The molecule has 2 aromatic carbocycles. The van der Waals surface area contributed by atoms with Crippen LogP contribution in [0, 0.1) is 0 Å². The van der Waals surface area contributed by atoms with Crippen LogP contribution in [0.1, 0.15) is 57.4 Å². The van der Waals surface area contributed by atoms with Crippen LogP contribution in [0.3, 0.4) is 0 Å². The van der Waals surface area contributed by atoms with Gasteiger partial charge in [-0.3, -0.25) is 0 Å². The molecular weight excluding hydrogens is 432 g/mol. The largest absolute Gasteiger partial charge is 0.368 e. The molecule has 1 aliphatic rings. The molecule has 3 rings (SSSR count). The molecule has 0 spiro atoms. The number of aliphatic hydroxyl groups is 1. The Bertz CT molecular complexity index is 1000. The molecule has 1 atom stereocenters. The van der Waals surface area contributed by atoms with Crippen LogP contribution in [-0.2, 0) is 9.84 Å². The number of rotatable bonds is 10. The van der Waals surface area contributed by atoms with E-state index in [4.69, 9.17) is 16.6 Å². The Kier molecular flexibility index (Phi) is 7.78. The van der Waals surface area contributed by atoms with Crippen molar-refractivity contribution >= 4 is 33.0 Å². The summed E-state index contributed by atoms with van der Waals surface area (Å²) in [4.78, 5) is 6.95. The summed E-state index contributed by atoms with van der Waals surface area (Å²) in [6.45, 7) is 2.55. The molecule has 5 nitrogen and oxygen atoms in total. The van der Waals surface area contributed by atoms with E-state index in [1.165, 1.54) is 31.9 Å². The predicted octanol–water partition coefficient (Wildman–Crippen LogP) is 5.45. The standard InChI is InChI=1S/C24H31ClN2O3S/c1-3-4-5-6-7-8-17-24(28)18-27(21-13-11-20(25)12-14-21)23(26-24)19-9-15-22(16-10-19)31(2,29)30/h9-16,28H,3-8,17-18H2,1-2H3. The van der Waals surface area contributed by atoms with Crippen LogP contribution in [0.5, 0.6) is 0 Å². The minimum Gasteiger partial charge on any atom is -0.368 e. The molecular formula is C24H31ClN2O3S. The first kappa shape index (κ1) is 23.8. The summed E-state index contributed by atoms with van der Waals surface area (Å²) in [6, 6.07) is 14.1. The Labute approximate surface area is 190 Å². The maximum atomic E-state index is 11.8. The number of halogens is 1. The Morgan fingerprint density at radius 2 is 1.61 bits per heavy atom. The van der Waals surface area contributed by atoms with Crippen LogP contribution in [0.25, 0.3) is 0 Å². The second-order valence-corrected chi connectivity index (χ2v) is 10.7. The van der Waals surface area contributed by atoms with Gasteiger partial charge >= 0.3 is 0 Å². The van der Waals surface area contributed by atoms with Crippen molar-refractivity contribution in [1.82, 2.24) is 0 Å². The maximum Gasteiger partial charge on any atom is 0.176 e. The van der Waals surface area contributed by atoms with Gasteiger partial charge in [0, 0.05) is 22.5 Å². The third kappa shape index (κ3) is 6.31. The second-order valence-electron chi connectivity index (χ2n) is 8.29. The van der Waals surface area contributed by atoms with Crippen LogP contribution in [-0.4, -0.2) is 37.9 Å². The summed E-state index contributed by atoms with van der Waals surface area (Å²) in [5, 5.41) is 11.9. The first-order chi connectivity index (χ1) is 14.7. The third-order valence-electron chi connectivity index (χ3n) is 5.59. The predicted molar refractivity (Wildman–Crippen MR) is 128 cm³/mol. The van der Waals surface area contributed by atoms with Crippen molar-refractivity contribution in [1.29, 1.82) is 0 Å². The van der Waals surface area contributed by atoms with Crippen LogP contribution >= 0.6 is 11.6 Å². The summed E-state index contributed by atoms with van der Waals surface area (Å²) >= 11 is 6.05. The number of hydrogen-bond donors (Lipinski definition) is 1. The Hall–Kier alpha value is -1.89. The molecule has 0 bridgehead atoms. The Morgan fingerprint density at radius 1 is 1.00 bits per heavy atom. The van der Waals surface area contributed by atoms with Crippen molar-refractivity contribution in [3.8, 4) is 0 Å². The normalized spacial score (nSPS) is 19.0. The van der Waals surface area contributed by atoms with Gasteiger partial charge in [-0.15, -0.1) is 0 Å². The van der Waals surface area contributed by atoms with Crippen molar-refractivity contribution in [3.05, 3.63) is 59.1 Å². The lowest BCUT2D eigenvalue weighted by Crippen LogP contribution is -2.36. The molecule has 1 heterocycles. The molecule has 0 aliphatic carbocycles. The molecule has 7 heteroatoms. The van der Waals surface area contributed by atoms with Crippen LogP contribution in [0.15, 0.2) is 58.4 Å². The van der Waals surface area contributed by atoms with Crippen LogP contribution in [0.2, 0.25) is 5.02 Å². The Balaban J connectivity index is 1.83. The van der Waals surface area contributed by atoms with Gasteiger partial charge in [-0.05, 0) is 61.4 Å². The molecule has 0 amide bonds. The van der Waals surface area contributed by atoms with E-state index >= 15 is 0 Å². The van der Waals surface area contributed by atoms with Gasteiger partial charge in [0.25, 0.3) is 0 Å². The number of β-amino-alcohol motifs (C(OH)–C–C–N with tert-alkyl or cyclic N) is 1. The highest BCUT2D eigenvalue weighted by Gasteiger charge is 2.38. The zero-order chi connectivity index (χ0) is 22.5. The molecule has 0 radical (unpaired) electrons. The van der Waals surface area contributed by atoms with Gasteiger partial charge in [-0.2, -0.15) is 0 Å². The molecule has 0 aromatic heterocycles. The van der Waals surface area contributed by atoms with Gasteiger partial charge in [0.1, 0.15) is 5.84 Å². The van der Waals surface area contributed by atoms with Crippen molar-refractivity contribution in [3.63, 3.8) is 0 Å². The van der Waals surface area contributed by atoms with Crippen molar-refractivity contribution in [2.45, 2.75) is 62.5 Å². The molecule has 31 heavy (non-hydrogen) atoms. The number of sulfone groups is 1. The number of aliphatic imine (C=N–C) groups is 1. The minimum atomic E-state index is -3.28. The van der Waals surface area contributed by atoms with E-state index in [0.717, 1.165) is 24.1 Å². The van der Waals surface area contributed by atoms with E-state index in [-0.39, 0.29) is 4.90 Å². The van der Waals surface area contributed by atoms with E-state index in [1.807, 2.05) is 29.2 Å².